The number of nitrogen functional groups attached to an aromatic ring is 1. The fourth-order valence-electron chi connectivity index (χ4n) is 1.39. The third-order valence-electron chi connectivity index (χ3n) is 2.20. The van der Waals surface area contributed by atoms with Crippen LogP contribution < -0.4 is 16.0 Å². The largest absolute Gasteiger partial charge is 0.449 e. The predicted octanol–water partition coefficient (Wildman–Crippen LogP) is 2.82. The van der Waals surface area contributed by atoms with Crippen LogP contribution in [0.1, 0.15) is 5.69 Å². The van der Waals surface area contributed by atoms with Crippen LogP contribution in [-0.4, -0.2) is 9.97 Å². The van der Waals surface area contributed by atoms with Gasteiger partial charge in [-0.25, -0.2) is 4.98 Å². The van der Waals surface area contributed by atoms with Gasteiger partial charge < -0.3 is 10.5 Å². The minimum atomic E-state index is -4.87. The number of alkyl halides is 3. The number of anilines is 1. The van der Waals surface area contributed by atoms with E-state index >= 15 is 0 Å². The Morgan fingerprint density at radius 1 is 1.25 bits per heavy atom. The van der Waals surface area contributed by atoms with Crippen molar-refractivity contribution < 1.29 is 17.9 Å². The van der Waals surface area contributed by atoms with E-state index < -0.39 is 29.1 Å². The van der Waals surface area contributed by atoms with Crippen molar-refractivity contribution in [2.24, 2.45) is 0 Å². The van der Waals surface area contributed by atoms with Crippen LogP contribution in [0.3, 0.4) is 0 Å². The number of H-pyrrole nitrogens is 1. The molecule has 1 heterocycles. The summed E-state index contributed by atoms with van der Waals surface area (Å²) in [6.07, 6.45) is -4.87. The van der Waals surface area contributed by atoms with E-state index in [0.29, 0.717) is 5.02 Å². The van der Waals surface area contributed by atoms with Crippen molar-refractivity contribution >= 4 is 17.5 Å². The van der Waals surface area contributed by atoms with E-state index in [0.717, 1.165) is 0 Å². The minimum Gasteiger partial charge on any atom is -0.449 e. The molecule has 0 amide bonds. The normalized spacial score (nSPS) is 11.4. The molecule has 0 bridgehead atoms. The van der Waals surface area contributed by atoms with Crippen molar-refractivity contribution in [2.45, 2.75) is 6.18 Å². The lowest BCUT2D eigenvalue weighted by Gasteiger charge is -2.12. The van der Waals surface area contributed by atoms with Gasteiger partial charge >= 0.3 is 6.18 Å². The number of halogens is 4. The predicted molar refractivity (Wildman–Crippen MR) is 65.8 cm³/mol. The van der Waals surface area contributed by atoms with Gasteiger partial charge in [0.25, 0.3) is 5.56 Å². The Morgan fingerprint density at radius 2 is 1.85 bits per heavy atom. The average Bonchev–Trinajstić information content (AvgIpc) is 2.33. The van der Waals surface area contributed by atoms with Crippen LogP contribution in [0.25, 0.3) is 0 Å². The highest BCUT2D eigenvalue weighted by atomic mass is 35.5. The van der Waals surface area contributed by atoms with Gasteiger partial charge in [0, 0.05) is 5.02 Å². The van der Waals surface area contributed by atoms with Gasteiger partial charge in [0.05, 0.1) is 0 Å². The number of ether oxygens (including phenoxy) is 1. The summed E-state index contributed by atoms with van der Waals surface area (Å²) in [5.74, 6) is -1.61. The lowest BCUT2D eigenvalue weighted by atomic mass is 10.3. The van der Waals surface area contributed by atoms with Gasteiger partial charge in [-0.05, 0) is 24.3 Å². The monoisotopic (exact) mass is 305 g/mol. The van der Waals surface area contributed by atoms with Crippen LogP contribution in [0.4, 0.5) is 19.1 Å². The second-order valence-electron chi connectivity index (χ2n) is 3.68. The first-order chi connectivity index (χ1) is 9.27. The first kappa shape index (κ1) is 14.2. The molecule has 0 aliphatic rings. The smallest absolute Gasteiger partial charge is 0.437 e. The van der Waals surface area contributed by atoms with Crippen molar-refractivity contribution in [3.63, 3.8) is 0 Å². The first-order valence-corrected chi connectivity index (χ1v) is 5.55. The zero-order valence-electron chi connectivity index (χ0n) is 9.66. The molecule has 0 spiro atoms. The fraction of sp³-hybridized carbons (Fsp3) is 0.0909. The molecule has 2 rings (SSSR count). The Hall–Kier alpha value is -2.22. The van der Waals surface area contributed by atoms with Crippen LogP contribution >= 0.6 is 11.6 Å². The highest BCUT2D eigenvalue weighted by Crippen LogP contribution is 2.34. The molecule has 0 fully saturated rings. The maximum absolute atomic E-state index is 12.8. The minimum absolute atomic E-state index is 0.0111. The highest BCUT2D eigenvalue weighted by Gasteiger charge is 2.38. The summed E-state index contributed by atoms with van der Waals surface area (Å²) in [7, 11) is 0. The summed E-state index contributed by atoms with van der Waals surface area (Å²) < 4.78 is 43.3. The average molecular weight is 306 g/mol. The molecule has 0 aliphatic carbocycles. The molecular weight excluding hydrogens is 299 g/mol. The molecule has 0 saturated heterocycles. The summed E-state index contributed by atoms with van der Waals surface area (Å²) in [6.45, 7) is 0. The van der Waals surface area contributed by atoms with E-state index in [1.807, 2.05) is 4.98 Å². The summed E-state index contributed by atoms with van der Waals surface area (Å²) >= 11 is 5.64. The number of aromatic nitrogens is 2. The Balaban J connectivity index is 2.50. The third kappa shape index (κ3) is 3.02. The number of hydrogen-bond acceptors (Lipinski definition) is 4. The standard InChI is InChI=1S/C11H7ClF3N3O2/c12-5-1-3-6(4-2-5)20-7-8(11(13,14)15)17-10(16)18-9(7)19/h1-4H,(H3,16,17,18,19). The van der Waals surface area contributed by atoms with Crippen LogP contribution in [0, 0.1) is 0 Å². The molecule has 1 aromatic heterocycles. The molecule has 9 heteroatoms. The second kappa shape index (κ2) is 5.04. The summed E-state index contributed by atoms with van der Waals surface area (Å²) in [5, 5.41) is 0.373. The molecule has 0 atom stereocenters. The molecule has 1 aromatic carbocycles. The molecule has 0 radical (unpaired) electrons. The number of rotatable bonds is 2. The fourth-order valence-corrected chi connectivity index (χ4v) is 1.51. The van der Waals surface area contributed by atoms with E-state index in [4.69, 9.17) is 22.1 Å². The van der Waals surface area contributed by atoms with Crippen molar-refractivity contribution in [1.82, 2.24) is 9.97 Å². The van der Waals surface area contributed by atoms with Gasteiger partial charge in [-0.15, -0.1) is 0 Å². The number of nitrogens with one attached hydrogen (secondary N) is 1. The molecule has 106 valence electrons. The van der Waals surface area contributed by atoms with Crippen LogP contribution in [-0.2, 0) is 6.18 Å². The molecule has 0 aliphatic heterocycles. The Bertz CT molecular complexity index is 683. The third-order valence-corrected chi connectivity index (χ3v) is 2.45. The highest BCUT2D eigenvalue weighted by molar-refractivity contribution is 6.30. The topological polar surface area (TPSA) is 81.0 Å². The van der Waals surface area contributed by atoms with Crippen molar-refractivity contribution in [2.75, 3.05) is 5.73 Å². The van der Waals surface area contributed by atoms with Crippen LogP contribution in [0.2, 0.25) is 5.02 Å². The molecule has 20 heavy (non-hydrogen) atoms. The van der Waals surface area contributed by atoms with Gasteiger partial charge in [0.1, 0.15) is 5.75 Å². The maximum atomic E-state index is 12.8. The molecular formula is C11H7ClF3N3O2. The SMILES string of the molecule is Nc1nc(C(F)(F)F)c(Oc2ccc(Cl)cc2)c(=O)[nH]1. The molecule has 0 saturated carbocycles. The number of hydrogen-bond donors (Lipinski definition) is 2. The maximum Gasteiger partial charge on any atom is 0.437 e. The van der Waals surface area contributed by atoms with Gasteiger partial charge in [0.15, 0.2) is 5.69 Å². The second-order valence-corrected chi connectivity index (χ2v) is 4.12. The van der Waals surface area contributed by atoms with E-state index in [1.54, 1.807) is 0 Å². The first-order valence-electron chi connectivity index (χ1n) is 5.18. The van der Waals surface area contributed by atoms with E-state index in [-0.39, 0.29) is 5.75 Å². The van der Waals surface area contributed by atoms with Crippen molar-refractivity contribution in [1.29, 1.82) is 0 Å². The Kier molecular flexibility index (Phi) is 3.58. The molecule has 3 N–H and O–H groups in total. The zero-order valence-corrected chi connectivity index (χ0v) is 10.4. The summed E-state index contributed by atoms with van der Waals surface area (Å²) in [6, 6.07) is 5.45. The van der Waals surface area contributed by atoms with E-state index in [2.05, 4.69) is 4.98 Å². The molecule has 5 nitrogen and oxygen atoms in total. The number of nitrogens with zero attached hydrogens (tertiary/aromatic N) is 1. The number of benzene rings is 1. The van der Waals surface area contributed by atoms with Crippen molar-refractivity contribution in [3.8, 4) is 11.5 Å². The Labute approximate surface area is 115 Å². The van der Waals surface area contributed by atoms with Gasteiger partial charge in [-0.3, -0.25) is 9.78 Å². The van der Waals surface area contributed by atoms with Crippen molar-refractivity contribution in [3.05, 3.63) is 45.3 Å². The van der Waals surface area contributed by atoms with Gasteiger partial charge in [0.2, 0.25) is 11.7 Å². The van der Waals surface area contributed by atoms with Crippen LogP contribution in [0.15, 0.2) is 29.1 Å². The summed E-state index contributed by atoms with van der Waals surface area (Å²) in [4.78, 5) is 16.6. The van der Waals surface area contributed by atoms with Gasteiger partial charge in [-0.2, -0.15) is 13.2 Å². The lowest BCUT2D eigenvalue weighted by Crippen LogP contribution is -2.21. The zero-order chi connectivity index (χ0) is 14.9. The quantitative estimate of drug-likeness (QED) is 0.894. The molecule has 0 unspecified atom stereocenters. The van der Waals surface area contributed by atoms with E-state index in [1.165, 1.54) is 24.3 Å². The molecule has 2 aromatic rings. The van der Waals surface area contributed by atoms with E-state index in [9.17, 15) is 18.0 Å². The lowest BCUT2D eigenvalue weighted by molar-refractivity contribution is -0.142. The Morgan fingerprint density at radius 3 is 2.40 bits per heavy atom. The van der Waals surface area contributed by atoms with Crippen LogP contribution in [0.5, 0.6) is 11.5 Å². The summed E-state index contributed by atoms with van der Waals surface area (Å²) in [5.41, 5.74) is 2.48. The number of nitrogens with two attached hydrogens (primary N) is 1. The number of aromatic amines is 1. The van der Waals surface area contributed by atoms with Gasteiger partial charge in [-0.1, -0.05) is 11.6 Å².